The van der Waals surface area contributed by atoms with Crippen LogP contribution in [0, 0.1) is 6.92 Å². The Kier molecular flexibility index (Phi) is 7.57. The predicted octanol–water partition coefficient (Wildman–Crippen LogP) is 4.20. The Morgan fingerprint density at radius 2 is 1.76 bits per heavy atom. The summed E-state index contributed by atoms with van der Waals surface area (Å²) in [6, 6.07) is 15.0. The van der Waals surface area contributed by atoms with Crippen LogP contribution in [0.1, 0.15) is 61.6 Å². The van der Waals surface area contributed by atoms with E-state index in [0.717, 1.165) is 27.9 Å². The second-order valence-electron chi connectivity index (χ2n) is 9.56. The van der Waals surface area contributed by atoms with Gasteiger partial charge < -0.3 is 20.2 Å². The topological polar surface area (TPSA) is 107 Å². The van der Waals surface area contributed by atoms with Crippen molar-refractivity contribution in [3.05, 3.63) is 89.0 Å². The van der Waals surface area contributed by atoms with E-state index in [1.165, 1.54) is 0 Å². The SMILES string of the molecule is Cc1c(COC(=O)C(N)(Cc2ccccc2)C(=O)OC(C)(C)C)cccc1C(C)c1c[nH]cn1. The molecule has 180 valence electrons. The van der Waals surface area contributed by atoms with E-state index in [9.17, 15) is 9.59 Å². The molecular weight excluding hydrogens is 430 g/mol. The molecule has 0 aliphatic carbocycles. The van der Waals surface area contributed by atoms with Crippen molar-refractivity contribution in [3.8, 4) is 0 Å². The molecule has 1 aromatic heterocycles. The first-order valence-electron chi connectivity index (χ1n) is 11.3. The van der Waals surface area contributed by atoms with E-state index in [1.807, 2.05) is 61.7 Å². The predicted molar refractivity (Wildman–Crippen MR) is 130 cm³/mol. The molecule has 2 aromatic carbocycles. The number of rotatable bonds is 8. The Morgan fingerprint density at radius 3 is 2.38 bits per heavy atom. The second-order valence-corrected chi connectivity index (χ2v) is 9.56. The molecule has 0 fully saturated rings. The van der Waals surface area contributed by atoms with Gasteiger partial charge in [-0.15, -0.1) is 0 Å². The zero-order chi connectivity index (χ0) is 24.9. The highest BCUT2D eigenvalue weighted by Crippen LogP contribution is 2.28. The molecule has 3 N–H and O–H groups in total. The van der Waals surface area contributed by atoms with Gasteiger partial charge in [0.2, 0.25) is 5.54 Å². The zero-order valence-electron chi connectivity index (χ0n) is 20.4. The van der Waals surface area contributed by atoms with Crippen molar-refractivity contribution < 1.29 is 19.1 Å². The van der Waals surface area contributed by atoms with Gasteiger partial charge >= 0.3 is 11.9 Å². The first-order chi connectivity index (χ1) is 16.0. The number of esters is 2. The maximum atomic E-state index is 13.2. The number of nitrogens with zero attached hydrogens (tertiary/aromatic N) is 1. The number of ether oxygens (including phenoxy) is 2. The Morgan fingerprint density at radius 1 is 1.06 bits per heavy atom. The number of nitrogens with two attached hydrogens (primary N) is 1. The number of aromatic amines is 1. The highest BCUT2D eigenvalue weighted by molar-refractivity contribution is 6.05. The van der Waals surface area contributed by atoms with E-state index in [2.05, 4.69) is 16.9 Å². The summed E-state index contributed by atoms with van der Waals surface area (Å²) in [6.07, 6.45) is 3.48. The summed E-state index contributed by atoms with van der Waals surface area (Å²) in [6.45, 7) is 9.23. The molecule has 3 aromatic rings. The summed E-state index contributed by atoms with van der Waals surface area (Å²) in [5.74, 6) is -1.57. The van der Waals surface area contributed by atoms with E-state index in [1.54, 1.807) is 27.1 Å². The molecule has 1 heterocycles. The Balaban J connectivity index is 1.82. The number of imidazole rings is 1. The third kappa shape index (κ3) is 5.91. The van der Waals surface area contributed by atoms with Crippen molar-refractivity contribution in [1.29, 1.82) is 0 Å². The van der Waals surface area contributed by atoms with Gasteiger partial charge in [-0.3, -0.25) is 0 Å². The highest BCUT2D eigenvalue weighted by Gasteiger charge is 2.47. The van der Waals surface area contributed by atoms with Crippen LogP contribution in [0.5, 0.6) is 0 Å². The molecule has 0 spiro atoms. The Hall–Kier alpha value is -3.45. The molecular formula is C27H33N3O4. The van der Waals surface area contributed by atoms with Gasteiger partial charge in [0.05, 0.1) is 12.0 Å². The molecule has 0 saturated heterocycles. The molecule has 7 nitrogen and oxygen atoms in total. The minimum absolute atomic E-state index is 0.0116. The highest BCUT2D eigenvalue weighted by atomic mass is 16.6. The molecule has 2 unspecified atom stereocenters. The summed E-state index contributed by atoms with van der Waals surface area (Å²) >= 11 is 0. The molecule has 3 rings (SSSR count). The van der Waals surface area contributed by atoms with Crippen LogP contribution in [0.2, 0.25) is 0 Å². The number of carbonyl (C=O) groups excluding carboxylic acids is 2. The number of carbonyl (C=O) groups is 2. The van der Waals surface area contributed by atoms with Gasteiger partial charge in [0.15, 0.2) is 0 Å². The van der Waals surface area contributed by atoms with Gasteiger partial charge in [-0.25, -0.2) is 14.6 Å². The molecule has 0 bridgehead atoms. The third-order valence-corrected chi connectivity index (χ3v) is 5.73. The molecule has 0 aliphatic rings. The molecule has 0 aliphatic heterocycles. The van der Waals surface area contributed by atoms with Crippen molar-refractivity contribution in [3.63, 3.8) is 0 Å². The lowest BCUT2D eigenvalue weighted by Gasteiger charge is -2.30. The number of nitrogens with one attached hydrogen (secondary N) is 1. The maximum absolute atomic E-state index is 13.2. The zero-order valence-corrected chi connectivity index (χ0v) is 20.4. The second kappa shape index (κ2) is 10.2. The van der Waals surface area contributed by atoms with Crippen molar-refractivity contribution in [2.24, 2.45) is 5.73 Å². The van der Waals surface area contributed by atoms with Gasteiger partial charge in [0.25, 0.3) is 0 Å². The fraction of sp³-hybridized carbons (Fsp3) is 0.370. The van der Waals surface area contributed by atoms with Gasteiger partial charge in [-0.2, -0.15) is 0 Å². The molecule has 0 radical (unpaired) electrons. The molecule has 0 amide bonds. The average molecular weight is 464 g/mol. The normalized spacial score (nSPS) is 14.2. The van der Waals surface area contributed by atoms with Crippen molar-refractivity contribution in [2.75, 3.05) is 0 Å². The monoisotopic (exact) mass is 463 g/mol. The molecule has 34 heavy (non-hydrogen) atoms. The smallest absolute Gasteiger partial charge is 0.338 e. The van der Waals surface area contributed by atoms with Crippen molar-refractivity contribution in [2.45, 2.75) is 64.7 Å². The van der Waals surface area contributed by atoms with E-state index in [0.29, 0.717) is 0 Å². The van der Waals surface area contributed by atoms with Crippen molar-refractivity contribution >= 4 is 11.9 Å². The van der Waals surface area contributed by atoms with Crippen LogP contribution < -0.4 is 5.73 Å². The fourth-order valence-electron chi connectivity index (χ4n) is 3.78. The summed E-state index contributed by atoms with van der Waals surface area (Å²) in [7, 11) is 0. The molecule has 2 atom stereocenters. The number of aromatic nitrogens is 2. The number of hydrogen-bond acceptors (Lipinski definition) is 6. The van der Waals surface area contributed by atoms with E-state index >= 15 is 0 Å². The van der Waals surface area contributed by atoms with Crippen LogP contribution in [0.15, 0.2) is 61.1 Å². The lowest BCUT2D eigenvalue weighted by Crippen LogP contribution is -2.59. The van der Waals surface area contributed by atoms with Crippen molar-refractivity contribution in [1.82, 2.24) is 9.97 Å². The van der Waals surface area contributed by atoms with Crippen LogP contribution in [-0.2, 0) is 32.1 Å². The first kappa shape index (κ1) is 25.2. The minimum atomic E-state index is -1.97. The Bertz CT molecular complexity index is 1120. The minimum Gasteiger partial charge on any atom is -0.459 e. The summed E-state index contributed by atoms with van der Waals surface area (Å²) in [5.41, 5.74) is 8.20. The van der Waals surface area contributed by atoms with Crippen LogP contribution in [0.25, 0.3) is 0 Å². The quantitative estimate of drug-likeness (QED) is 0.383. The van der Waals surface area contributed by atoms with Gasteiger partial charge in [0.1, 0.15) is 12.2 Å². The van der Waals surface area contributed by atoms with Gasteiger partial charge in [-0.1, -0.05) is 55.5 Å². The lowest BCUT2D eigenvalue weighted by molar-refractivity contribution is -0.172. The number of H-pyrrole nitrogens is 1. The molecule has 7 heteroatoms. The number of hydrogen-bond donors (Lipinski definition) is 2. The van der Waals surface area contributed by atoms with Gasteiger partial charge in [0, 0.05) is 18.5 Å². The van der Waals surface area contributed by atoms with Crippen LogP contribution >= 0.6 is 0 Å². The number of benzene rings is 2. The summed E-state index contributed by atoms with van der Waals surface area (Å²) in [4.78, 5) is 33.6. The fourth-order valence-corrected chi connectivity index (χ4v) is 3.78. The van der Waals surface area contributed by atoms with E-state index in [4.69, 9.17) is 15.2 Å². The standard InChI is InChI=1S/C27H33N3O4/c1-18-21(12-9-13-22(18)19(2)23-15-29-17-30-23)16-33-24(31)27(28,25(32)34-26(3,4)5)14-20-10-7-6-8-11-20/h6-13,15,17,19H,14,16,28H2,1-5H3,(H,29,30). The van der Waals surface area contributed by atoms with Crippen LogP contribution in [0.4, 0.5) is 0 Å². The van der Waals surface area contributed by atoms with Crippen LogP contribution in [0.3, 0.4) is 0 Å². The maximum Gasteiger partial charge on any atom is 0.338 e. The lowest BCUT2D eigenvalue weighted by atomic mass is 9.90. The third-order valence-electron chi connectivity index (χ3n) is 5.73. The average Bonchev–Trinajstić information content (AvgIpc) is 3.32. The molecule has 0 saturated carbocycles. The van der Waals surface area contributed by atoms with Gasteiger partial charge in [-0.05, 0) is 49.9 Å². The van der Waals surface area contributed by atoms with E-state index in [-0.39, 0.29) is 18.9 Å². The first-order valence-corrected chi connectivity index (χ1v) is 11.3. The summed E-state index contributed by atoms with van der Waals surface area (Å²) < 4.78 is 11.1. The Labute approximate surface area is 200 Å². The summed E-state index contributed by atoms with van der Waals surface area (Å²) in [5, 5.41) is 0. The largest absolute Gasteiger partial charge is 0.459 e. The van der Waals surface area contributed by atoms with Crippen LogP contribution in [-0.4, -0.2) is 33.0 Å². The van der Waals surface area contributed by atoms with E-state index < -0.39 is 23.1 Å².